The number of rotatable bonds is 8. The van der Waals surface area contributed by atoms with Gasteiger partial charge in [-0.1, -0.05) is 18.2 Å². The highest BCUT2D eigenvalue weighted by Gasteiger charge is 2.27. The highest BCUT2D eigenvalue weighted by molar-refractivity contribution is 7.89. The number of sulfonamides is 1. The summed E-state index contributed by atoms with van der Waals surface area (Å²) in [6.07, 6.45) is 4.37. The van der Waals surface area contributed by atoms with Gasteiger partial charge in [-0.15, -0.1) is 0 Å². The molecule has 0 saturated heterocycles. The Balaban J connectivity index is 1.33. The first-order valence-corrected chi connectivity index (χ1v) is 11.4. The first-order valence-electron chi connectivity index (χ1n) is 9.93. The zero-order chi connectivity index (χ0) is 21.1. The van der Waals surface area contributed by atoms with Gasteiger partial charge >= 0.3 is 0 Å². The highest BCUT2D eigenvalue weighted by atomic mass is 32.2. The van der Waals surface area contributed by atoms with Gasteiger partial charge in [-0.3, -0.25) is 4.79 Å². The smallest absolute Gasteiger partial charge is 0.240 e. The van der Waals surface area contributed by atoms with Crippen LogP contribution >= 0.6 is 0 Å². The molecule has 8 heteroatoms. The molecule has 0 aliphatic heterocycles. The molecule has 4 rings (SSSR count). The van der Waals surface area contributed by atoms with Crippen LogP contribution in [-0.2, 0) is 21.2 Å². The maximum atomic E-state index is 12.4. The fourth-order valence-electron chi connectivity index (χ4n) is 3.16. The topological polar surface area (TPSA) is 93.1 Å². The largest absolute Gasteiger partial charge is 0.326 e. The van der Waals surface area contributed by atoms with E-state index in [1.807, 2.05) is 41.9 Å². The van der Waals surface area contributed by atoms with Crippen molar-refractivity contribution in [3.63, 3.8) is 0 Å². The van der Waals surface area contributed by atoms with Gasteiger partial charge in [0.25, 0.3) is 0 Å². The van der Waals surface area contributed by atoms with Gasteiger partial charge in [-0.2, -0.15) is 5.10 Å². The average molecular weight is 425 g/mol. The number of anilines is 1. The third-order valence-corrected chi connectivity index (χ3v) is 6.52. The second kappa shape index (κ2) is 8.41. The van der Waals surface area contributed by atoms with Crippen molar-refractivity contribution in [2.45, 2.75) is 43.5 Å². The molecule has 1 aliphatic carbocycles. The molecule has 0 unspecified atom stereocenters. The summed E-state index contributed by atoms with van der Waals surface area (Å²) >= 11 is 0. The summed E-state index contributed by atoms with van der Waals surface area (Å²) in [6, 6.07) is 16.2. The molecule has 2 aromatic carbocycles. The van der Waals surface area contributed by atoms with E-state index in [-0.39, 0.29) is 16.8 Å². The number of carbonyl (C=O) groups excluding carboxylic acids is 1. The van der Waals surface area contributed by atoms with E-state index < -0.39 is 10.0 Å². The minimum atomic E-state index is -3.45. The maximum Gasteiger partial charge on any atom is 0.240 e. The summed E-state index contributed by atoms with van der Waals surface area (Å²) in [6.45, 7) is 1.97. The monoisotopic (exact) mass is 424 g/mol. The molecule has 1 heterocycles. The number of nitrogens with zero attached hydrogens (tertiary/aromatic N) is 2. The predicted octanol–water partition coefficient (Wildman–Crippen LogP) is 3.19. The number of nitrogens with one attached hydrogen (secondary N) is 2. The lowest BCUT2D eigenvalue weighted by Gasteiger charge is -2.09. The fraction of sp³-hybridized carbons (Fsp3) is 0.273. The Bertz CT molecular complexity index is 1150. The number of carbonyl (C=O) groups is 1. The Morgan fingerprint density at radius 1 is 1.13 bits per heavy atom. The minimum Gasteiger partial charge on any atom is -0.326 e. The highest BCUT2D eigenvalue weighted by Crippen LogP contribution is 2.22. The van der Waals surface area contributed by atoms with Crippen LogP contribution in [0.2, 0.25) is 0 Å². The van der Waals surface area contributed by atoms with Gasteiger partial charge in [0.2, 0.25) is 15.9 Å². The second-order valence-electron chi connectivity index (χ2n) is 7.52. The Morgan fingerprint density at radius 2 is 1.90 bits per heavy atom. The molecule has 1 saturated carbocycles. The third kappa shape index (κ3) is 4.95. The molecule has 0 atom stereocenters. The van der Waals surface area contributed by atoms with Gasteiger partial charge in [0.05, 0.1) is 10.6 Å². The summed E-state index contributed by atoms with van der Waals surface area (Å²) in [7, 11) is -3.45. The van der Waals surface area contributed by atoms with Crippen molar-refractivity contribution in [2.24, 2.45) is 0 Å². The van der Waals surface area contributed by atoms with E-state index >= 15 is 0 Å². The second-order valence-corrected chi connectivity index (χ2v) is 9.24. The zero-order valence-corrected chi connectivity index (χ0v) is 17.5. The maximum absolute atomic E-state index is 12.4. The van der Waals surface area contributed by atoms with Crippen LogP contribution in [0.4, 0.5) is 5.69 Å². The van der Waals surface area contributed by atoms with Crippen LogP contribution in [0, 0.1) is 6.92 Å². The van der Waals surface area contributed by atoms with Gasteiger partial charge in [0.1, 0.15) is 0 Å². The van der Waals surface area contributed by atoms with E-state index in [2.05, 4.69) is 15.1 Å². The van der Waals surface area contributed by atoms with Crippen LogP contribution in [0.5, 0.6) is 0 Å². The molecule has 7 nitrogen and oxygen atoms in total. The average Bonchev–Trinajstić information content (AvgIpc) is 3.42. The lowest BCUT2D eigenvalue weighted by Crippen LogP contribution is -2.25. The number of hydrogen-bond donors (Lipinski definition) is 2. The zero-order valence-electron chi connectivity index (χ0n) is 16.7. The first kappa shape index (κ1) is 20.3. The van der Waals surface area contributed by atoms with E-state index in [1.165, 1.54) is 0 Å². The first-order chi connectivity index (χ1) is 14.4. The molecule has 1 amide bonds. The molecular weight excluding hydrogens is 400 g/mol. The predicted molar refractivity (Wildman–Crippen MR) is 115 cm³/mol. The molecule has 3 aromatic rings. The van der Waals surface area contributed by atoms with Crippen LogP contribution < -0.4 is 10.0 Å². The quantitative estimate of drug-likeness (QED) is 0.581. The number of aryl methyl sites for hydroxylation is 2. The van der Waals surface area contributed by atoms with Crippen LogP contribution in [0.25, 0.3) is 5.69 Å². The van der Waals surface area contributed by atoms with Crippen molar-refractivity contribution in [1.82, 2.24) is 14.5 Å². The van der Waals surface area contributed by atoms with Crippen molar-refractivity contribution in [2.75, 3.05) is 5.32 Å². The summed E-state index contributed by atoms with van der Waals surface area (Å²) < 4.78 is 28.9. The Labute approximate surface area is 176 Å². The molecule has 1 fully saturated rings. The summed E-state index contributed by atoms with van der Waals surface area (Å²) in [4.78, 5) is 12.6. The molecule has 0 spiro atoms. The van der Waals surface area contributed by atoms with Gasteiger partial charge < -0.3 is 5.32 Å². The van der Waals surface area contributed by atoms with Crippen molar-refractivity contribution in [3.8, 4) is 5.69 Å². The standard InChI is InChI=1S/C22H24N4O3S/c1-16-13-14-23-26(16)20-4-2-3-19(15-20)24-22(27)12-7-17-5-10-21(11-6-17)30(28,29)25-18-8-9-18/h2-6,10-11,13-15,18,25H,7-9,12H2,1H3,(H,24,27). The van der Waals surface area contributed by atoms with Crippen LogP contribution in [-0.4, -0.2) is 30.1 Å². The van der Waals surface area contributed by atoms with E-state index in [1.54, 1.807) is 30.5 Å². The SMILES string of the molecule is Cc1ccnn1-c1cccc(NC(=O)CCc2ccc(S(=O)(=O)NC3CC3)cc2)c1. The Hall–Kier alpha value is -2.97. The molecule has 30 heavy (non-hydrogen) atoms. The molecule has 2 N–H and O–H groups in total. The van der Waals surface area contributed by atoms with Crippen molar-refractivity contribution in [3.05, 3.63) is 72.1 Å². The van der Waals surface area contributed by atoms with Gasteiger partial charge in [-0.25, -0.2) is 17.8 Å². The van der Waals surface area contributed by atoms with Crippen molar-refractivity contribution < 1.29 is 13.2 Å². The number of hydrogen-bond acceptors (Lipinski definition) is 4. The number of aromatic nitrogens is 2. The Morgan fingerprint density at radius 3 is 2.57 bits per heavy atom. The molecule has 1 aromatic heterocycles. The normalized spacial score (nSPS) is 13.9. The van der Waals surface area contributed by atoms with Crippen LogP contribution in [0.1, 0.15) is 30.5 Å². The van der Waals surface area contributed by atoms with Gasteiger partial charge in [-0.05, 0) is 68.1 Å². The van der Waals surface area contributed by atoms with Crippen LogP contribution in [0.15, 0.2) is 65.7 Å². The van der Waals surface area contributed by atoms with Crippen LogP contribution in [0.3, 0.4) is 0 Å². The van der Waals surface area contributed by atoms with E-state index in [0.29, 0.717) is 18.5 Å². The molecule has 156 valence electrons. The number of amides is 1. The summed E-state index contributed by atoms with van der Waals surface area (Å²) in [5, 5.41) is 7.19. The van der Waals surface area contributed by atoms with Gasteiger partial charge in [0.15, 0.2) is 0 Å². The van der Waals surface area contributed by atoms with Crippen molar-refractivity contribution >= 4 is 21.6 Å². The third-order valence-electron chi connectivity index (χ3n) is 4.98. The van der Waals surface area contributed by atoms with E-state index in [0.717, 1.165) is 29.8 Å². The minimum absolute atomic E-state index is 0.0779. The van der Waals surface area contributed by atoms with Crippen molar-refractivity contribution in [1.29, 1.82) is 0 Å². The molecular formula is C22H24N4O3S. The molecule has 0 radical (unpaired) electrons. The molecule has 0 bridgehead atoms. The lowest BCUT2D eigenvalue weighted by atomic mass is 10.1. The lowest BCUT2D eigenvalue weighted by molar-refractivity contribution is -0.116. The summed E-state index contributed by atoms with van der Waals surface area (Å²) in [5.74, 6) is -0.101. The molecule has 1 aliphatic rings. The summed E-state index contributed by atoms with van der Waals surface area (Å²) in [5.41, 5.74) is 3.51. The van der Waals surface area contributed by atoms with E-state index in [9.17, 15) is 13.2 Å². The Kier molecular flexibility index (Phi) is 5.69. The van der Waals surface area contributed by atoms with E-state index in [4.69, 9.17) is 0 Å². The number of benzene rings is 2. The van der Waals surface area contributed by atoms with Gasteiger partial charge in [0, 0.05) is 30.0 Å². The fourth-order valence-corrected chi connectivity index (χ4v) is 4.47.